The molecular formula is C10H14ClNO2S2. The lowest BCUT2D eigenvalue weighted by molar-refractivity contribution is 0.597. The number of nitrogen functional groups attached to an aromatic ring is 1. The van der Waals surface area contributed by atoms with Crippen molar-refractivity contribution >= 4 is 38.9 Å². The fraction of sp³-hybridized carbons (Fsp3) is 0.400. The molecule has 1 rings (SSSR count). The molecule has 0 aliphatic heterocycles. The molecule has 0 amide bonds. The van der Waals surface area contributed by atoms with Crippen LogP contribution in [0.5, 0.6) is 0 Å². The first-order chi connectivity index (χ1) is 7.47. The maximum absolute atomic E-state index is 11.9. The van der Waals surface area contributed by atoms with Gasteiger partial charge in [-0.2, -0.15) is 11.8 Å². The van der Waals surface area contributed by atoms with Gasteiger partial charge in [0, 0.05) is 11.4 Å². The highest BCUT2D eigenvalue weighted by Gasteiger charge is 2.17. The van der Waals surface area contributed by atoms with Crippen LogP contribution < -0.4 is 5.73 Å². The molecule has 2 N–H and O–H groups in total. The molecule has 3 nitrogen and oxygen atoms in total. The molecule has 1 aromatic carbocycles. The first kappa shape index (κ1) is 13.7. The summed E-state index contributed by atoms with van der Waals surface area (Å²) in [6.07, 6.45) is 0. The number of halogens is 1. The lowest BCUT2D eigenvalue weighted by Crippen LogP contribution is -2.10. The molecule has 6 heteroatoms. The molecule has 0 aliphatic carbocycles. The van der Waals surface area contributed by atoms with Crippen molar-refractivity contribution in [2.45, 2.75) is 11.8 Å². The molecule has 0 fully saturated rings. The fourth-order valence-electron chi connectivity index (χ4n) is 1.18. The Hall–Kier alpha value is -0.390. The first-order valence-electron chi connectivity index (χ1n) is 4.83. The van der Waals surface area contributed by atoms with Crippen molar-refractivity contribution in [3.63, 3.8) is 0 Å². The van der Waals surface area contributed by atoms with E-state index < -0.39 is 9.84 Å². The zero-order valence-corrected chi connectivity index (χ0v) is 11.3. The highest BCUT2D eigenvalue weighted by atomic mass is 35.5. The Labute approximate surface area is 105 Å². The highest BCUT2D eigenvalue weighted by Crippen LogP contribution is 2.25. The van der Waals surface area contributed by atoms with Crippen LogP contribution in [-0.4, -0.2) is 25.7 Å². The molecule has 0 aromatic heterocycles. The number of benzene rings is 1. The number of hydrogen-bond acceptors (Lipinski definition) is 4. The van der Waals surface area contributed by atoms with Crippen LogP contribution in [-0.2, 0) is 9.84 Å². The van der Waals surface area contributed by atoms with Crippen LogP contribution in [0.15, 0.2) is 23.1 Å². The first-order valence-corrected chi connectivity index (χ1v) is 8.01. The van der Waals surface area contributed by atoms with Crippen molar-refractivity contribution in [1.82, 2.24) is 0 Å². The van der Waals surface area contributed by atoms with E-state index in [1.807, 2.05) is 6.92 Å². The van der Waals surface area contributed by atoms with E-state index in [0.717, 1.165) is 5.75 Å². The molecule has 0 atom stereocenters. The maximum atomic E-state index is 11.9. The summed E-state index contributed by atoms with van der Waals surface area (Å²) in [6, 6.07) is 4.51. The summed E-state index contributed by atoms with van der Waals surface area (Å²) in [6.45, 7) is 1.99. The molecule has 0 unspecified atom stereocenters. The average molecular weight is 280 g/mol. The van der Waals surface area contributed by atoms with Crippen LogP contribution >= 0.6 is 23.4 Å². The largest absolute Gasteiger partial charge is 0.399 e. The predicted octanol–water partition coefficient (Wildman–Crippen LogP) is 2.45. The third kappa shape index (κ3) is 3.57. The molecule has 0 spiro atoms. The Kier molecular flexibility index (Phi) is 4.95. The summed E-state index contributed by atoms with van der Waals surface area (Å²) < 4.78 is 23.9. The monoisotopic (exact) mass is 279 g/mol. The molecule has 90 valence electrons. The van der Waals surface area contributed by atoms with Crippen molar-refractivity contribution < 1.29 is 8.42 Å². The van der Waals surface area contributed by atoms with E-state index in [1.54, 1.807) is 17.8 Å². The maximum Gasteiger partial charge on any atom is 0.180 e. The number of anilines is 1. The number of hydrogen-bond donors (Lipinski definition) is 1. The van der Waals surface area contributed by atoms with E-state index in [-0.39, 0.29) is 15.7 Å². The van der Waals surface area contributed by atoms with Crippen molar-refractivity contribution in [1.29, 1.82) is 0 Å². The second kappa shape index (κ2) is 5.80. The summed E-state index contributed by atoms with van der Waals surface area (Å²) in [5.41, 5.74) is 5.96. The van der Waals surface area contributed by atoms with Gasteiger partial charge in [-0.05, 0) is 24.0 Å². The van der Waals surface area contributed by atoms with Gasteiger partial charge >= 0.3 is 0 Å². The minimum Gasteiger partial charge on any atom is -0.399 e. The summed E-state index contributed by atoms with van der Waals surface area (Å²) in [5, 5.41) is 0.232. The Bertz CT molecular complexity index is 460. The minimum atomic E-state index is -3.32. The van der Waals surface area contributed by atoms with E-state index in [0.29, 0.717) is 11.4 Å². The van der Waals surface area contributed by atoms with Gasteiger partial charge in [0.2, 0.25) is 0 Å². The van der Waals surface area contributed by atoms with E-state index in [4.69, 9.17) is 17.3 Å². The second-order valence-corrected chi connectivity index (χ2v) is 7.08. The van der Waals surface area contributed by atoms with E-state index >= 15 is 0 Å². The van der Waals surface area contributed by atoms with E-state index in [9.17, 15) is 8.42 Å². The van der Waals surface area contributed by atoms with Gasteiger partial charge in [0.15, 0.2) is 9.84 Å². The van der Waals surface area contributed by atoms with Gasteiger partial charge < -0.3 is 5.73 Å². The minimum absolute atomic E-state index is 0.0919. The summed E-state index contributed by atoms with van der Waals surface area (Å²) in [7, 11) is -3.32. The van der Waals surface area contributed by atoms with Gasteiger partial charge in [0.25, 0.3) is 0 Å². The van der Waals surface area contributed by atoms with Gasteiger partial charge in [-0.3, -0.25) is 0 Å². The van der Waals surface area contributed by atoms with Crippen molar-refractivity contribution in [3.8, 4) is 0 Å². The van der Waals surface area contributed by atoms with Gasteiger partial charge in [0.1, 0.15) is 0 Å². The zero-order valence-electron chi connectivity index (χ0n) is 8.94. The summed E-state index contributed by atoms with van der Waals surface area (Å²) in [5.74, 6) is 1.57. The quantitative estimate of drug-likeness (QED) is 0.664. The normalized spacial score (nSPS) is 11.6. The van der Waals surface area contributed by atoms with Gasteiger partial charge in [0.05, 0.1) is 15.7 Å². The predicted molar refractivity (Wildman–Crippen MR) is 70.9 cm³/mol. The van der Waals surface area contributed by atoms with Crippen LogP contribution in [0.1, 0.15) is 6.92 Å². The summed E-state index contributed by atoms with van der Waals surface area (Å²) in [4.78, 5) is 0.130. The molecule has 0 radical (unpaired) electrons. The lowest BCUT2D eigenvalue weighted by Gasteiger charge is -2.06. The Morgan fingerprint density at radius 3 is 2.75 bits per heavy atom. The number of thioether (sulfide) groups is 1. The SMILES string of the molecule is CCSCCS(=O)(=O)c1cc(N)ccc1Cl. The fourth-order valence-corrected chi connectivity index (χ4v) is 4.19. The topological polar surface area (TPSA) is 60.2 Å². The van der Waals surface area contributed by atoms with Crippen molar-refractivity contribution in [2.75, 3.05) is 23.0 Å². The van der Waals surface area contributed by atoms with Crippen LogP contribution in [0.4, 0.5) is 5.69 Å². The Morgan fingerprint density at radius 1 is 1.44 bits per heavy atom. The second-order valence-electron chi connectivity index (χ2n) is 3.21. The summed E-state index contributed by atoms with van der Waals surface area (Å²) >= 11 is 7.44. The van der Waals surface area contributed by atoms with Gasteiger partial charge in [-0.15, -0.1) is 0 Å². The molecule has 0 saturated heterocycles. The van der Waals surface area contributed by atoms with Crippen LogP contribution in [0.25, 0.3) is 0 Å². The molecule has 1 aromatic rings. The smallest absolute Gasteiger partial charge is 0.180 e. The van der Waals surface area contributed by atoms with E-state index in [1.165, 1.54) is 12.1 Å². The molecule has 0 heterocycles. The van der Waals surface area contributed by atoms with Crippen LogP contribution in [0.2, 0.25) is 5.02 Å². The van der Waals surface area contributed by atoms with Crippen LogP contribution in [0, 0.1) is 0 Å². The van der Waals surface area contributed by atoms with Gasteiger partial charge in [-0.25, -0.2) is 8.42 Å². The van der Waals surface area contributed by atoms with Crippen molar-refractivity contribution in [2.24, 2.45) is 0 Å². The number of sulfone groups is 1. The van der Waals surface area contributed by atoms with Crippen LogP contribution in [0.3, 0.4) is 0 Å². The third-order valence-electron chi connectivity index (χ3n) is 1.99. The molecule has 0 saturated carbocycles. The lowest BCUT2D eigenvalue weighted by atomic mass is 10.3. The molecule has 0 aliphatic rings. The molecular weight excluding hydrogens is 266 g/mol. The third-order valence-corrected chi connectivity index (χ3v) is 5.34. The average Bonchev–Trinajstić information content (AvgIpc) is 2.22. The Balaban J connectivity index is 2.93. The van der Waals surface area contributed by atoms with Gasteiger partial charge in [-0.1, -0.05) is 18.5 Å². The van der Waals surface area contributed by atoms with Crippen molar-refractivity contribution in [3.05, 3.63) is 23.2 Å². The highest BCUT2D eigenvalue weighted by molar-refractivity contribution is 8.00. The zero-order chi connectivity index (χ0) is 12.2. The van der Waals surface area contributed by atoms with E-state index in [2.05, 4.69) is 0 Å². The molecule has 0 bridgehead atoms. The molecule has 16 heavy (non-hydrogen) atoms. The number of nitrogens with two attached hydrogens (primary N) is 1. The Morgan fingerprint density at radius 2 is 2.12 bits per heavy atom. The number of rotatable bonds is 5. The standard InChI is InChI=1S/C10H14ClNO2S2/c1-2-15-5-6-16(13,14)10-7-8(12)3-4-9(10)11/h3-4,7H,2,5-6,12H2,1H3.